The quantitative estimate of drug-likeness (QED) is 0.632. The number of hydrogen-bond donors (Lipinski definition) is 4. The number of nitrogens with one attached hydrogen (secondary N) is 3. The SMILES string of the molecule is C#CC1=C(C2CCNCC2)NC(=N)/C(=C\N)C1c1ccccc1. The molecule has 0 saturated carbocycles. The molecule has 0 spiro atoms. The van der Waals surface area contributed by atoms with Gasteiger partial charge in [-0.05, 0) is 31.5 Å². The van der Waals surface area contributed by atoms with E-state index in [2.05, 4.69) is 16.6 Å². The summed E-state index contributed by atoms with van der Waals surface area (Å²) < 4.78 is 0. The predicted octanol–water partition coefficient (Wildman–Crippen LogP) is 2.08. The lowest BCUT2D eigenvalue weighted by molar-refractivity contribution is 0.407. The molecule has 2 aliphatic heterocycles. The molecular weight excluding hydrogens is 284 g/mol. The number of benzene rings is 1. The van der Waals surface area contributed by atoms with Gasteiger partial charge in [0, 0.05) is 34.9 Å². The lowest BCUT2D eigenvalue weighted by atomic mass is 9.77. The van der Waals surface area contributed by atoms with Crippen LogP contribution in [0, 0.1) is 23.7 Å². The van der Waals surface area contributed by atoms with E-state index in [1.54, 1.807) is 0 Å². The van der Waals surface area contributed by atoms with Gasteiger partial charge in [-0.25, -0.2) is 0 Å². The van der Waals surface area contributed by atoms with Gasteiger partial charge in [0.1, 0.15) is 5.84 Å². The lowest BCUT2D eigenvalue weighted by Gasteiger charge is -2.35. The third-order valence-electron chi connectivity index (χ3n) is 4.65. The minimum atomic E-state index is -0.134. The highest BCUT2D eigenvalue weighted by Gasteiger charge is 2.34. The molecule has 0 aromatic heterocycles. The van der Waals surface area contributed by atoms with Gasteiger partial charge in [-0.15, -0.1) is 6.42 Å². The van der Waals surface area contributed by atoms with Gasteiger partial charge in [0.05, 0.1) is 0 Å². The molecule has 118 valence electrons. The zero-order valence-electron chi connectivity index (χ0n) is 13.1. The molecule has 5 N–H and O–H groups in total. The number of piperidine rings is 1. The fourth-order valence-corrected chi connectivity index (χ4v) is 3.49. The summed E-state index contributed by atoms with van der Waals surface area (Å²) in [6.07, 6.45) is 9.46. The molecule has 4 nitrogen and oxygen atoms in total. The van der Waals surface area contributed by atoms with Gasteiger partial charge in [0.15, 0.2) is 0 Å². The van der Waals surface area contributed by atoms with Gasteiger partial charge in [0.25, 0.3) is 0 Å². The van der Waals surface area contributed by atoms with E-state index in [1.807, 2.05) is 30.3 Å². The monoisotopic (exact) mass is 306 g/mol. The average Bonchev–Trinajstić information content (AvgIpc) is 2.62. The van der Waals surface area contributed by atoms with Crippen LogP contribution in [-0.2, 0) is 0 Å². The molecule has 2 aliphatic rings. The highest BCUT2D eigenvalue weighted by Crippen LogP contribution is 2.39. The summed E-state index contributed by atoms with van der Waals surface area (Å²) in [6, 6.07) is 10.1. The smallest absolute Gasteiger partial charge is 0.127 e. The Labute approximate surface area is 137 Å². The van der Waals surface area contributed by atoms with Crippen LogP contribution in [-0.4, -0.2) is 18.9 Å². The van der Waals surface area contributed by atoms with Crippen molar-refractivity contribution in [3.63, 3.8) is 0 Å². The van der Waals surface area contributed by atoms with E-state index in [1.165, 1.54) is 6.20 Å². The standard InChI is InChI=1S/C19H22N4/c1-2-15-17(13-6-4-3-5-7-13)16(12-20)19(21)23-18(15)14-8-10-22-11-9-14/h1,3-7,12,14,17,22H,8-11,20H2,(H2,21,23)/b16-12-. The van der Waals surface area contributed by atoms with Crippen LogP contribution in [0.3, 0.4) is 0 Å². The zero-order chi connectivity index (χ0) is 16.2. The average molecular weight is 306 g/mol. The van der Waals surface area contributed by atoms with Gasteiger partial charge >= 0.3 is 0 Å². The molecule has 1 unspecified atom stereocenters. The third kappa shape index (κ3) is 2.88. The van der Waals surface area contributed by atoms with E-state index in [4.69, 9.17) is 17.6 Å². The Morgan fingerprint density at radius 1 is 1.22 bits per heavy atom. The second-order valence-electron chi connectivity index (χ2n) is 5.96. The molecule has 0 bridgehead atoms. The summed E-state index contributed by atoms with van der Waals surface area (Å²) in [5.41, 5.74) is 9.57. The Kier molecular flexibility index (Phi) is 4.50. The number of nitrogens with two attached hydrogens (primary N) is 1. The highest BCUT2D eigenvalue weighted by atomic mass is 15.0. The lowest BCUT2D eigenvalue weighted by Crippen LogP contribution is -2.40. The largest absolute Gasteiger partial charge is 0.404 e. The first-order chi connectivity index (χ1) is 11.3. The summed E-state index contributed by atoms with van der Waals surface area (Å²) in [7, 11) is 0. The Hall–Kier alpha value is -2.51. The van der Waals surface area contributed by atoms with Crippen LogP contribution in [0.2, 0.25) is 0 Å². The third-order valence-corrected chi connectivity index (χ3v) is 4.65. The minimum absolute atomic E-state index is 0.134. The van der Waals surface area contributed by atoms with Crippen LogP contribution in [0.25, 0.3) is 0 Å². The molecule has 1 aromatic carbocycles. The molecule has 1 atom stereocenters. The summed E-state index contributed by atoms with van der Waals surface area (Å²) in [4.78, 5) is 0. The second-order valence-corrected chi connectivity index (χ2v) is 5.96. The molecule has 1 fully saturated rings. The van der Waals surface area contributed by atoms with Crippen molar-refractivity contribution < 1.29 is 0 Å². The first-order valence-corrected chi connectivity index (χ1v) is 8.00. The normalized spacial score (nSPS) is 24.4. The predicted molar refractivity (Wildman–Crippen MR) is 93.8 cm³/mol. The number of rotatable bonds is 2. The summed E-state index contributed by atoms with van der Waals surface area (Å²) >= 11 is 0. The van der Waals surface area contributed by atoms with Gasteiger partial charge in [-0.1, -0.05) is 36.3 Å². The Morgan fingerprint density at radius 2 is 1.91 bits per heavy atom. The molecule has 4 heteroatoms. The Balaban J connectivity index is 2.11. The second kappa shape index (κ2) is 6.72. The molecule has 0 radical (unpaired) electrons. The van der Waals surface area contributed by atoms with Crippen LogP contribution in [0.4, 0.5) is 0 Å². The highest BCUT2D eigenvalue weighted by molar-refractivity contribution is 6.01. The van der Waals surface area contributed by atoms with E-state index in [0.717, 1.165) is 48.3 Å². The molecule has 2 heterocycles. The van der Waals surface area contributed by atoms with Crippen LogP contribution in [0.1, 0.15) is 24.3 Å². The van der Waals surface area contributed by atoms with Gasteiger partial charge in [-0.2, -0.15) is 0 Å². The number of terminal acetylenes is 1. The summed E-state index contributed by atoms with van der Waals surface area (Å²) in [6.45, 7) is 1.97. The maximum Gasteiger partial charge on any atom is 0.127 e. The van der Waals surface area contributed by atoms with E-state index in [0.29, 0.717) is 11.8 Å². The van der Waals surface area contributed by atoms with Gasteiger partial charge in [0.2, 0.25) is 0 Å². The Morgan fingerprint density at radius 3 is 2.52 bits per heavy atom. The van der Waals surface area contributed by atoms with Crippen LogP contribution in [0.15, 0.2) is 53.4 Å². The van der Waals surface area contributed by atoms with Crippen molar-refractivity contribution in [1.82, 2.24) is 10.6 Å². The van der Waals surface area contributed by atoms with Crippen molar-refractivity contribution in [3.8, 4) is 12.3 Å². The molecule has 0 aliphatic carbocycles. The maximum absolute atomic E-state index is 8.36. The van der Waals surface area contributed by atoms with E-state index in [-0.39, 0.29) is 5.92 Å². The fraction of sp³-hybridized carbons (Fsp3) is 0.316. The molecule has 1 aromatic rings. The van der Waals surface area contributed by atoms with Crippen molar-refractivity contribution in [2.75, 3.05) is 13.1 Å². The molecule has 1 saturated heterocycles. The maximum atomic E-state index is 8.36. The van der Waals surface area contributed by atoms with Crippen molar-refractivity contribution in [3.05, 3.63) is 58.9 Å². The van der Waals surface area contributed by atoms with Crippen molar-refractivity contribution in [1.29, 1.82) is 5.41 Å². The summed E-state index contributed by atoms with van der Waals surface area (Å²) in [5, 5.41) is 15.0. The molecule has 3 rings (SSSR count). The van der Waals surface area contributed by atoms with Crippen molar-refractivity contribution in [2.45, 2.75) is 18.8 Å². The Bertz CT molecular complexity index is 688. The summed E-state index contributed by atoms with van der Waals surface area (Å²) in [5.74, 6) is 3.48. The van der Waals surface area contributed by atoms with E-state index < -0.39 is 0 Å². The zero-order valence-corrected chi connectivity index (χ0v) is 13.1. The van der Waals surface area contributed by atoms with E-state index in [9.17, 15) is 0 Å². The minimum Gasteiger partial charge on any atom is -0.404 e. The molecular formula is C19H22N4. The molecule has 23 heavy (non-hydrogen) atoms. The fourth-order valence-electron chi connectivity index (χ4n) is 3.49. The van der Waals surface area contributed by atoms with Gasteiger partial charge < -0.3 is 16.4 Å². The number of allylic oxidation sites excluding steroid dienone is 2. The van der Waals surface area contributed by atoms with E-state index >= 15 is 0 Å². The number of hydrogen-bond acceptors (Lipinski definition) is 3. The van der Waals surface area contributed by atoms with Crippen molar-refractivity contribution in [2.24, 2.45) is 11.7 Å². The van der Waals surface area contributed by atoms with Gasteiger partial charge in [-0.3, -0.25) is 5.41 Å². The van der Waals surface area contributed by atoms with Crippen LogP contribution < -0.4 is 16.4 Å². The first kappa shape index (κ1) is 15.4. The van der Waals surface area contributed by atoms with Crippen molar-refractivity contribution >= 4 is 5.84 Å². The molecule has 0 amide bonds. The van der Waals surface area contributed by atoms with Crippen LogP contribution in [0.5, 0.6) is 0 Å². The number of amidine groups is 1. The van der Waals surface area contributed by atoms with Crippen LogP contribution >= 0.6 is 0 Å². The topological polar surface area (TPSA) is 73.9 Å². The first-order valence-electron chi connectivity index (χ1n) is 8.00.